The summed E-state index contributed by atoms with van der Waals surface area (Å²) in [5, 5.41) is 10.9. The number of rotatable bonds is 2. The molecule has 2 unspecified atom stereocenters. The van der Waals surface area contributed by atoms with E-state index in [1.165, 1.54) is 5.56 Å². The third-order valence-electron chi connectivity index (χ3n) is 4.23. The van der Waals surface area contributed by atoms with Gasteiger partial charge in [-0.25, -0.2) is 0 Å². The van der Waals surface area contributed by atoms with Crippen LogP contribution in [0.3, 0.4) is 0 Å². The van der Waals surface area contributed by atoms with Crippen molar-refractivity contribution in [1.29, 1.82) is 0 Å². The van der Waals surface area contributed by atoms with Crippen molar-refractivity contribution in [1.82, 2.24) is 15.0 Å². The molecule has 2 heterocycles. The smallest absolute Gasteiger partial charge is 0.0944 e. The first-order chi connectivity index (χ1) is 10.3. The second-order valence-corrected chi connectivity index (χ2v) is 5.41. The highest BCUT2D eigenvalue weighted by Gasteiger charge is 2.31. The number of aryl methyl sites for hydroxylation is 1. The zero-order chi connectivity index (χ0) is 14.2. The molecule has 2 atom stereocenters. The number of para-hydroxylation sites is 1. The van der Waals surface area contributed by atoms with Crippen LogP contribution in [0.15, 0.2) is 48.9 Å². The molecule has 4 heteroatoms. The molecule has 21 heavy (non-hydrogen) atoms. The fraction of sp³-hybridized carbons (Fsp3) is 0.235. The Morgan fingerprint density at radius 2 is 1.90 bits per heavy atom. The molecule has 1 aliphatic carbocycles. The van der Waals surface area contributed by atoms with Gasteiger partial charge in [-0.05, 0) is 30.5 Å². The lowest BCUT2D eigenvalue weighted by molar-refractivity contribution is 0.144. The molecule has 1 N–H and O–H groups in total. The maximum atomic E-state index is 10.9. The van der Waals surface area contributed by atoms with E-state index in [1.54, 1.807) is 18.6 Å². The molecule has 0 fully saturated rings. The predicted octanol–water partition coefficient (Wildman–Crippen LogP) is 2.79. The van der Waals surface area contributed by atoms with Gasteiger partial charge < -0.3 is 5.11 Å². The molecule has 1 aliphatic rings. The molecule has 0 radical (unpaired) electrons. The van der Waals surface area contributed by atoms with Crippen LogP contribution in [0.5, 0.6) is 0 Å². The minimum atomic E-state index is -0.596. The molecule has 4 nitrogen and oxygen atoms in total. The number of benzene rings is 1. The molecule has 2 aromatic heterocycles. The first-order valence-electron chi connectivity index (χ1n) is 7.16. The summed E-state index contributed by atoms with van der Waals surface area (Å²) in [7, 11) is 0. The van der Waals surface area contributed by atoms with E-state index in [2.05, 4.69) is 21.0 Å². The first-order valence-corrected chi connectivity index (χ1v) is 7.16. The number of fused-ring (bicyclic) bond motifs is 2. The summed E-state index contributed by atoms with van der Waals surface area (Å²) in [5.74, 6) is 0.0359. The minimum Gasteiger partial charge on any atom is -0.388 e. The van der Waals surface area contributed by atoms with Gasteiger partial charge in [0.2, 0.25) is 0 Å². The predicted molar refractivity (Wildman–Crippen MR) is 79.8 cm³/mol. The van der Waals surface area contributed by atoms with Gasteiger partial charge in [-0.2, -0.15) is 0 Å². The first kappa shape index (κ1) is 12.4. The standard InChI is InChI=1S/C17H15N3O/c21-17(13-7-6-11-3-2-8-19-15(11)13)12-4-1-5-14-16(12)20-10-9-18-14/h1-5,8-10,13,17,21H,6-7H2. The average molecular weight is 277 g/mol. The van der Waals surface area contributed by atoms with Crippen LogP contribution >= 0.6 is 0 Å². The van der Waals surface area contributed by atoms with Gasteiger partial charge in [-0.15, -0.1) is 0 Å². The zero-order valence-electron chi connectivity index (χ0n) is 11.5. The number of aliphatic hydroxyl groups excluding tert-OH is 1. The Bertz CT molecular complexity index is 797. The minimum absolute atomic E-state index is 0.0359. The lowest BCUT2D eigenvalue weighted by Gasteiger charge is -2.19. The van der Waals surface area contributed by atoms with E-state index in [9.17, 15) is 5.11 Å². The molecule has 0 bridgehead atoms. The maximum absolute atomic E-state index is 10.9. The number of aliphatic hydroxyl groups is 1. The van der Waals surface area contributed by atoms with Crippen molar-refractivity contribution >= 4 is 11.0 Å². The van der Waals surface area contributed by atoms with Gasteiger partial charge in [0.15, 0.2) is 0 Å². The maximum Gasteiger partial charge on any atom is 0.0944 e. The summed E-state index contributed by atoms with van der Waals surface area (Å²) in [6.07, 6.45) is 6.43. The molecular formula is C17H15N3O. The molecule has 0 saturated carbocycles. The Morgan fingerprint density at radius 3 is 2.86 bits per heavy atom. The monoisotopic (exact) mass is 277 g/mol. The van der Waals surface area contributed by atoms with Crippen molar-refractivity contribution in [3.63, 3.8) is 0 Å². The number of hydrogen-bond acceptors (Lipinski definition) is 4. The highest BCUT2D eigenvalue weighted by atomic mass is 16.3. The summed E-state index contributed by atoms with van der Waals surface area (Å²) in [6, 6.07) is 9.82. The van der Waals surface area contributed by atoms with Crippen LogP contribution < -0.4 is 0 Å². The Kier molecular flexibility index (Phi) is 2.89. The highest BCUT2D eigenvalue weighted by molar-refractivity contribution is 5.78. The molecule has 0 spiro atoms. The quantitative estimate of drug-likeness (QED) is 0.782. The van der Waals surface area contributed by atoms with Crippen molar-refractivity contribution < 1.29 is 5.11 Å². The van der Waals surface area contributed by atoms with Crippen molar-refractivity contribution in [3.8, 4) is 0 Å². The molecular weight excluding hydrogens is 262 g/mol. The molecule has 3 aromatic rings. The van der Waals surface area contributed by atoms with Crippen LogP contribution in [0.1, 0.15) is 35.3 Å². The molecule has 0 saturated heterocycles. The summed E-state index contributed by atoms with van der Waals surface area (Å²) >= 11 is 0. The van der Waals surface area contributed by atoms with Gasteiger partial charge in [0.05, 0.1) is 17.1 Å². The molecule has 4 rings (SSSR count). The Morgan fingerprint density at radius 1 is 1.00 bits per heavy atom. The SMILES string of the molecule is OC(c1cccc2nccnc12)C1CCc2cccnc21. The van der Waals surface area contributed by atoms with Crippen molar-refractivity contribution in [3.05, 3.63) is 65.7 Å². The number of pyridine rings is 1. The Balaban J connectivity index is 1.80. The van der Waals surface area contributed by atoms with Crippen LogP contribution in [0.2, 0.25) is 0 Å². The molecule has 0 aliphatic heterocycles. The third-order valence-corrected chi connectivity index (χ3v) is 4.23. The van der Waals surface area contributed by atoms with Gasteiger partial charge in [-0.1, -0.05) is 18.2 Å². The second-order valence-electron chi connectivity index (χ2n) is 5.41. The topological polar surface area (TPSA) is 58.9 Å². The van der Waals surface area contributed by atoms with Crippen LogP contribution in [-0.2, 0) is 6.42 Å². The van der Waals surface area contributed by atoms with E-state index in [4.69, 9.17) is 0 Å². The van der Waals surface area contributed by atoms with Gasteiger partial charge in [-0.3, -0.25) is 15.0 Å². The zero-order valence-corrected chi connectivity index (χ0v) is 11.5. The normalized spacial score (nSPS) is 18.6. The number of nitrogens with zero attached hydrogens (tertiary/aromatic N) is 3. The van der Waals surface area contributed by atoms with Crippen LogP contribution in [0, 0.1) is 0 Å². The van der Waals surface area contributed by atoms with Gasteiger partial charge >= 0.3 is 0 Å². The fourth-order valence-electron chi connectivity index (χ4n) is 3.22. The average Bonchev–Trinajstić information content (AvgIpc) is 2.98. The van der Waals surface area contributed by atoms with Crippen molar-refractivity contribution in [2.75, 3.05) is 0 Å². The van der Waals surface area contributed by atoms with E-state index < -0.39 is 6.10 Å². The van der Waals surface area contributed by atoms with Gasteiger partial charge in [0.1, 0.15) is 0 Å². The fourth-order valence-corrected chi connectivity index (χ4v) is 3.22. The van der Waals surface area contributed by atoms with Crippen LogP contribution in [-0.4, -0.2) is 20.1 Å². The largest absolute Gasteiger partial charge is 0.388 e. The third kappa shape index (κ3) is 1.99. The second kappa shape index (κ2) is 4.90. The summed E-state index contributed by atoms with van der Waals surface area (Å²) in [5.41, 5.74) is 4.69. The van der Waals surface area contributed by atoms with Gasteiger partial charge in [0, 0.05) is 35.8 Å². The van der Waals surface area contributed by atoms with Crippen LogP contribution in [0.25, 0.3) is 11.0 Å². The lowest BCUT2D eigenvalue weighted by Crippen LogP contribution is -2.10. The molecule has 1 aromatic carbocycles. The summed E-state index contributed by atoms with van der Waals surface area (Å²) in [6.45, 7) is 0. The number of aromatic nitrogens is 3. The molecule has 0 amide bonds. The van der Waals surface area contributed by atoms with E-state index in [-0.39, 0.29) is 5.92 Å². The summed E-state index contributed by atoms with van der Waals surface area (Å²) < 4.78 is 0. The van der Waals surface area contributed by atoms with E-state index in [0.29, 0.717) is 0 Å². The van der Waals surface area contributed by atoms with E-state index in [1.807, 2.05) is 24.3 Å². The Hall–Kier alpha value is -2.33. The highest BCUT2D eigenvalue weighted by Crippen LogP contribution is 2.41. The van der Waals surface area contributed by atoms with Crippen molar-refractivity contribution in [2.24, 2.45) is 0 Å². The van der Waals surface area contributed by atoms with Gasteiger partial charge in [0.25, 0.3) is 0 Å². The lowest BCUT2D eigenvalue weighted by atomic mass is 9.92. The summed E-state index contributed by atoms with van der Waals surface area (Å²) in [4.78, 5) is 13.2. The van der Waals surface area contributed by atoms with Crippen LogP contribution in [0.4, 0.5) is 0 Å². The van der Waals surface area contributed by atoms with E-state index in [0.717, 1.165) is 35.1 Å². The molecule has 104 valence electrons. The number of hydrogen-bond donors (Lipinski definition) is 1. The van der Waals surface area contributed by atoms with Crippen molar-refractivity contribution in [2.45, 2.75) is 24.9 Å². The van der Waals surface area contributed by atoms with E-state index >= 15 is 0 Å². The Labute approximate surface area is 122 Å².